The number of nitrogens with zero attached hydrogens (tertiary/aromatic N) is 1. The Morgan fingerprint density at radius 1 is 1.20 bits per heavy atom. The smallest absolute Gasteiger partial charge is 0.244 e. The van der Waals surface area contributed by atoms with Crippen LogP contribution >= 0.6 is 0 Å². The van der Waals surface area contributed by atoms with E-state index in [0.29, 0.717) is 12.1 Å². The van der Waals surface area contributed by atoms with Crippen LogP contribution in [0.15, 0.2) is 54.9 Å². The van der Waals surface area contributed by atoms with Gasteiger partial charge < -0.3 is 5.32 Å². The minimum atomic E-state index is -0.340. The van der Waals surface area contributed by atoms with E-state index in [0.717, 1.165) is 12.0 Å². The Morgan fingerprint density at radius 2 is 1.95 bits per heavy atom. The van der Waals surface area contributed by atoms with Gasteiger partial charge in [0.05, 0.1) is 0 Å². The van der Waals surface area contributed by atoms with E-state index >= 15 is 0 Å². The fourth-order valence-electron chi connectivity index (χ4n) is 1.71. The van der Waals surface area contributed by atoms with Crippen LogP contribution in [0.25, 0.3) is 6.08 Å². The maximum Gasteiger partial charge on any atom is 0.244 e. The zero-order chi connectivity index (χ0) is 14.2. The highest BCUT2D eigenvalue weighted by Gasteiger charge is 1.98. The van der Waals surface area contributed by atoms with Gasteiger partial charge >= 0.3 is 0 Å². The number of benzene rings is 1. The second-order valence-corrected chi connectivity index (χ2v) is 4.25. The molecule has 0 saturated carbocycles. The van der Waals surface area contributed by atoms with Crippen molar-refractivity contribution < 1.29 is 9.18 Å². The molecule has 0 radical (unpaired) electrons. The van der Waals surface area contributed by atoms with Crippen LogP contribution in [-0.4, -0.2) is 17.4 Å². The standard InChI is InChI=1S/C16H15FN2O/c17-15-4-2-1-3-14(15)5-6-16(20)19-12-9-13-7-10-18-11-8-13/h1-8,10-11H,9,12H2,(H,19,20)/b6-5+. The number of carbonyl (C=O) groups is 1. The van der Waals surface area contributed by atoms with Gasteiger partial charge in [-0.15, -0.1) is 0 Å². The topological polar surface area (TPSA) is 42.0 Å². The molecule has 2 rings (SSSR count). The van der Waals surface area contributed by atoms with Crippen LogP contribution < -0.4 is 5.32 Å². The first-order valence-electron chi connectivity index (χ1n) is 6.35. The highest BCUT2D eigenvalue weighted by atomic mass is 19.1. The van der Waals surface area contributed by atoms with E-state index in [9.17, 15) is 9.18 Å². The summed E-state index contributed by atoms with van der Waals surface area (Å²) in [6, 6.07) is 10.1. The van der Waals surface area contributed by atoms with Crippen LogP contribution in [0.1, 0.15) is 11.1 Å². The van der Waals surface area contributed by atoms with Gasteiger partial charge in [0, 0.05) is 30.6 Å². The molecule has 1 N–H and O–H groups in total. The Morgan fingerprint density at radius 3 is 2.70 bits per heavy atom. The number of amides is 1. The Balaban J connectivity index is 1.80. The molecule has 4 heteroatoms. The average Bonchev–Trinajstić information content (AvgIpc) is 2.47. The van der Waals surface area contributed by atoms with Crippen molar-refractivity contribution in [1.82, 2.24) is 10.3 Å². The Hall–Kier alpha value is -2.49. The summed E-state index contributed by atoms with van der Waals surface area (Å²) in [4.78, 5) is 15.5. The highest BCUT2D eigenvalue weighted by molar-refractivity contribution is 5.91. The maximum atomic E-state index is 13.3. The number of rotatable bonds is 5. The lowest BCUT2D eigenvalue weighted by molar-refractivity contribution is -0.116. The molecule has 0 fully saturated rings. The predicted molar refractivity (Wildman–Crippen MR) is 76.4 cm³/mol. The first-order chi connectivity index (χ1) is 9.75. The van der Waals surface area contributed by atoms with Gasteiger partial charge in [-0.3, -0.25) is 9.78 Å². The third-order valence-corrected chi connectivity index (χ3v) is 2.78. The van der Waals surface area contributed by atoms with E-state index in [1.54, 1.807) is 30.6 Å². The van der Waals surface area contributed by atoms with Crippen molar-refractivity contribution in [3.05, 3.63) is 71.8 Å². The zero-order valence-corrected chi connectivity index (χ0v) is 10.9. The normalized spacial score (nSPS) is 10.7. The first kappa shape index (κ1) is 13.9. The molecule has 0 unspecified atom stereocenters. The van der Waals surface area contributed by atoms with Crippen LogP contribution in [-0.2, 0) is 11.2 Å². The van der Waals surface area contributed by atoms with E-state index in [4.69, 9.17) is 0 Å². The minimum absolute atomic E-state index is 0.234. The van der Waals surface area contributed by atoms with Crippen LogP contribution in [0.3, 0.4) is 0 Å². The molecule has 0 bridgehead atoms. The number of carbonyl (C=O) groups excluding carboxylic acids is 1. The molecule has 0 spiro atoms. The number of pyridine rings is 1. The maximum absolute atomic E-state index is 13.3. The summed E-state index contributed by atoms with van der Waals surface area (Å²) in [5.74, 6) is -0.573. The van der Waals surface area contributed by atoms with Crippen LogP contribution in [0.2, 0.25) is 0 Å². The number of aromatic nitrogens is 1. The van der Waals surface area contributed by atoms with Gasteiger partial charge in [-0.25, -0.2) is 4.39 Å². The van der Waals surface area contributed by atoms with Crippen LogP contribution in [0.5, 0.6) is 0 Å². The van der Waals surface area contributed by atoms with Gasteiger partial charge in [0.15, 0.2) is 0 Å². The largest absolute Gasteiger partial charge is 0.352 e. The van der Waals surface area contributed by atoms with Crippen molar-refractivity contribution in [2.75, 3.05) is 6.54 Å². The Labute approximate surface area is 117 Å². The Kier molecular flexibility index (Phi) is 5.00. The van der Waals surface area contributed by atoms with E-state index in [2.05, 4.69) is 10.3 Å². The average molecular weight is 270 g/mol. The van der Waals surface area contributed by atoms with Gasteiger partial charge in [0.25, 0.3) is 0 Å². The molecule has 0 aliphatic rings. The lowest BCUT2D eigenvalue weighted by Crippen LogP contribution is -2.23. The summed E-state index contributed by atoms with van der Waals surface area (Å²) >= 11 is 0. The molecule has 102 valence electrons. The fraction of sp³-hybridized carbons (Fsp3) is 0.125. The summed E-state index contributed by atoms with van der Waals surface area (Å²) < 4.78 is 13.3. The van der Waals surface area contributed by atoms with Gasteiger partial charge in [0.2, 0.25) is 5.91 Å². The molecule has 20 heavy (non-hydrogen) atoms. The third-order valence-electron chi connectivity index (χ3n) is 2.78. The first-order valence-corrected chi connectivity index (χ1v) is 6.35. The molecule has 0 aliphatic carbocycles. The summed E-state index contributed by atoms with van der Waals surface area (Å²) in [6.45, 7) is 0.532. The van der Waals surface area contributed by atoms with Crippen molar-refractivity contribution >= 4 is 12.0 Å². The third kappa shape index (κ3) is 4.31. The van der Waals surface area contributed by atoms with Crippen LogP contribution in [0, 0.1) is 5.82 Å². The van der Waals surface area contributed by atoms with Crippen molar-refractivity contribution in [2.45, 2.75) is 6.42 Å². The lowest BCUT2D eigenvalue weighted by atomic mass is 10.2. The molecule has 0 saturated heterocycles. The summed E-state index contributed by atoms with van der Waals surface area (Å²) in [5, 5.41) is 2.75. The van der Waals surface area contributed by atoms with E-state index in [-0.39, 0.29) is 11.7 Å². The van der Waals surface area contributed by atoms with Crippen molar-refractivity contribution in [3.63, 3.8) is 0 Å². The molecule has 0 aliphatic heterocycles. The summed E-state index contributed by atoms with van der Waals surface area (Å²) in [6.07, 6.45) is 6.98. The predicted octanol–water partition coefficient (Wildman–Crippen LogP) is 2.59. The number of halogens is 1. The molecule has 1 heterocycles. The van der Waals surface area contributed by atoms with Crippen LogP contribution in [0.4, 0.5) is 4.39 Å². The molecule has 1 aromatic carbocycles. The van der Waals surface area contributed by atoms with Crippen molar-refractivity contribution in [3.8, 4) is 0 Å². The SMILES string of the molecule is O=C(/C=C/c1ccccc1F)NCCc1ccncc1. The molecular formula is C16H15FN2O. The van der Waals surface area contributed by atoms with Crippen molar-refractivity contribution in [2.24, 2.45) is 0 Å². The zero-order valence-electron chi connectivity index (χ0n) is 10.9. The molecule has 1 amide bonds. The van der Waals surface area contributed by atoms with Crippen molar-refractivity contribution in [1.29, 1.82) is 0 Å². The molecule has 2 aromatic rings. The number of nitrogens with one attached hydrogen (secondary N) is 1. The number of hydrogen-bond acceptors (Lipinski definition) is 2. The van der Waals surface area contributed by atoms with Gasteiger partial charge in [-0.05, 0) is 36.3 Å². The molecule has 0 atom stereocenters. The van der Waals surface area contributed by atoms with Gasteiger partial charge in [-0.1, -0.05) is 18.2 Å². The molecule has 1 aromatic heterocycles. The van der Waals surface area contributed by atoms with E-state index in [1.807, 2.05) is 12.1 Å². The second kappa shape index (κ2) is 7.19. The molecular weight excluding hydrogens is 255 g/mol. The minimum Gasteiger partial charge on any atom is -0.352 e. The lowest BCUT2D eigenvalue weighted by Gasteiger charge is -2.02. The summed E-state index contributed by atoms with van der Waals surface area (Å²) in [5.41, 5.74) is 1.51. The second-order valence-electron chi connectivity index (χ2n) is 4.25. The van der Waals surface area contributed by atoms with Gasteiger partial charge in [-0.2, -0.15) is 0 Å². The molecule has 3 nitrogen and oxygen atoms in total. The van der Waals surface area contributed by atoms with E-state index < -0.39 is 0 Å². The number of hydrogen-bond donors (Lipinski definition) is 1. The summed E-state index contributed by atoms with van der Waals surface area (Å²) in [7, 11) is 0. The monoisotopic (exact) mass is 270 g/mol. The quantitative estimate of drug-likeness (QED) is 0.848. The van der Waals surface area contributed by atoms with Gasteiger partial charge in [0.1, 0.15) is 5.82 Å². The van der Waals surface area contributed by atoms with E-state index in [1.165, 1.54) is 18.2 Å². The highest BCUT2D eigenvalue weighted by Crippen LogP contribution is 2.07. The fourth-order valence-corrected chi connectivity index (χ4v) is 1.71. The Bertz CT molecular complexity index is 596.